The molecule has 2 atom stereocenters. The predicted octanol–water partition coefficient (Wildman–Crippen LogP) is 3.22. The van der Waals surface area contributed by atoms with Crippen molar-refractivity contribution >= 4 is 6.41 Å². The molecule has 2 unspecified atom stereocenters. The Labute approximate surface area is 95.0 Å². The fourth-order valence-corrected chi connectivity index (χ4v) is 2.36. The second-order valence-corrected chi connectivity index (χ2v) is 4.94. The Hall–Kier alpha value is -0.530. The zero-order chi connectivity index (χ0) is 12.0. The first-order valence-electron chi connectivity index (χ1n) is 6.15. The van der Waals surface area contributed by atoms with Crippen molar-refractivity contribution < 1.29 is 4.79 Å². The van der Waals surface area contributed by atoms with Gasteiger partial charge in [-0.25, -0.2) is 0 Å². The van der Waals surface area contributed by atoms with Gasteiger partial charge in [0.2, 0.25) is 0 Å². The summed E-state index contributed by atoms with van der Waals surface area (Å²) < 4.78 is 0. The minimum absolute atomic E-state index is 0.329. The summed E-state index contributed by atoms with van der Waals surface area (Å²) in [5.41, 5.74) is 0. The summed E-state index contributed by atoms with van der Waals surface area (Å²) in [4.78, 5) is 13.0. The maximum absolute atomic E-state index is 11.1. The van der Waals surface area contributed by atoms with E-state index in [-0.39, 0.29) is 0 Å². The van der Waals surface area contributed by atoms with Crippen molar-refractivity contribution in [3.8, 4) is 0 Å². The van der Waals surface area contributed by atoms with Crippen molar-refractivity contribution in [2.75, 3.05) is 0 Å². The third-order valence-electron chi connectivity index (χ3n) is 3.20. The fraction of sp³-hybridized carbons (Fsp3) is 0.923. The van der Waals surface area contributed by atoms with Crippen LogP contribution >= 0.6 is 0 Å². The van der Waals surface area contributed by atoms with Crippen LogP contribution in [0.4, 0.5) is 0 Å². The SMILES string of the molecule is CCC(C(C)C)N([C]=O)C(CC)C(C)C. The lowest BCUT2D eigenvalue weighted by molar-refractivity contribution is 0.142. The molecule has 15 heavy (non-hydrogen) atoms. The topological polar surface area (TPSA) is 20.3 Å². The van der Waals surface area contributed by atoms with Crippen LogP contribution in [0.15, 0.2) is 0 Å². The van der Waals surface area contributed by atoms with Crippen molar-refractivity contribution in [1.29, 1.82) is 0 Å². The van der Waals surface area contributed by atoms with Crippen LogP contribution in [0.5, 0.6) is 0 Å². The summed E-state index contributed by atoms with van der Waals surface area (Å²) in [5.74, 6) is 1.01. The van der Waals surface area contributed by atoms with Crippen LogP contribution in [0.25, 0.3) is 0 Å². The number of rotatable bonds is 7. The summed E-state index contributed by atoms with van der Waals surface area (Å²) >= 11 is 0. The van der Waals surface area contributed by atoms with Crippen LogP contribution in [-0.2, 0) is 4.79 Å². The van der Waals surface area contributed by atoms with Gasteiger partial charge in [-0.15, -0.1) is 0 Å². The van der Waals surface area contributed by atoms with Gasteiger partial charge in [0.15, 0.2) is 0 Å². The van der Waals surface area contributed by atoms with Crippen LogP contribution in [0.3, 0.4) is 0 Å². The van der Waals surface area contributed by atoms with Gasteiger partial charge in [-0.2, -0.15) is 0 Å². The molecule has 0 heterocycles. The van der Waals surface area contributed by atoms with E-state index in [0.29, 0.717) is 23.9 Å². The van der Waals surface area contributed by atoms with E-state index in [2.05, 4.69) is 48.0 Å². The second kappa shape index (κ2) is 6.86. The summed E-state index contributed by atoms with van der Waals surface area (Å²) in [6.07, 6.45) is 4.17. The van der Waals surface area contributed by atoms with Gasteiger partial charge < -0.3 is 4.90 Å². The lowest BCUT2D eigenvalue weighted by Gasteiger charge is -2.38. The molecule has 0 saturated heterocycles. The Morgan fingerprint density at radius 1 is 0.933 bits per heavy atom. The maximum Gasteiger partial charge on any atom is 0.312 e. The summed E-state index contributed by atoms with van der Waals surface area (Å²) in [7, 11) is 0. The Bertz CT molecular complexity index is 161. The van der Waals surface area contributed by atoms with Gasteiger partial charge >= 0.3 is 6.41 Å². The molecule has 0 aliphatic heterocycles. The smallest absolute Gasteiger partial charge is 0.312 e. The quantitative estimate of drug-likeness (QED) is 0.593. The minimum atomic E-state index is 0.329. The van der Waals surface area contributed by atoms with Crippen LogP contribution in [-0.4, -0.2) is 23.4 Å². The van der Waals surface area contributed by atoms with Crippen molar-refractivity contribution in [3.63, 3.8) is 0 Å². The van der Waals surface area contributed by atoms with Gasteiger partial charge in [0.1, 0.15) is 0 Å². The lowest BCUT2D eigenvalue weighted by atomic mass is 9.93. The standard InChI is InChI=1S/C13H26NO/c1-7-12(10(3)4)14(9-15)13(8-2)11(5)6/h10-13H,7-8H2,1-6H3. The molecule has 0 aromatic rings. The summed E-state index contributed by atoms with van der Waals surface area (Å²) in [5, 5.41) is 0. The number of hydrogen-bond acceptors (Lipinski definition) is 1. The van der Waals surface area contributed by atoms with E-state index in [1.807, 2.05) is 4.90 Å². The molecule has 0 rings (SSSR count). The average molecular weight is 212 g/mol. The number of hydrogen-bond donors (Lipinski definition) is 0. The van der Waals surface area contributed by atoms with Gasteiger partial charge in [0.05, 0.1) is 0 Å². The van der Waals surface area contributed by atoms with E-state index >= 15 is 0 Å². The normalized spacial score (nSPS) is 15.5. The molecule has 0 N–H and O–H groups in total. The van der Waals surface area contributed by atoms with Crippen LogP contribution < -0.4 is 0 Å². The van der Waals surface area contributed by atoms with Gasteiger partial charge in [-0.05, 0) is 24.7 Å². The molecule has 1 amide bonds. The first-order chi connectivity index (χ1) is 6.99. The zero-order valence-electron chi connectivity index (χ0n) is 11.1. The summed E-state index contributed by atoms with van der Waals surface area (Å²) in [6, 6.07) is 0.657. The maximum atomic E-state index is 11.1. The first-order valence-corrected chi connectivity index (χ1v) is 6.15. The van der Waals surface area contributed by atoms with E-state index in [1.165, 1.54) is 0 Å². The Balaban J connectivity index is 4.76. The number of amides is 1. The van der Waals surface area contributed by atoms with Crippen molar-refractivity contribution in [3.05, 3.63) is 0 Å². The molecule has 89 valence electrons. The van der Waals surface area contributed by atoms with E-state index in [1.54, 1.807) is 0 Å². The second-order valence-electron chi connectivity index (χ2n) is 4.94. The highest BCUT2D eigenvalue weighted by atomic mass is 16.1. The number of carbonyl (C=O) groups excluding carboxylic acids is 1. The molecule has 0 saturated carbocycles. The predicted molar refractivity (Wildman–Crippen MR) is 65.4 cm³/mol. The van der Waals surface area contributed by atoms with Gasteiger partial charge in [-0.3, -0.25) is 4.79 Å². The molecule has 0 aromatic heterocycles. The molecule has 2 heteroatoms. The molecular weight excluding hydrogens is 186 g/mol. The first kappa shape index (κ1) is 14.5. The van der Waals surface area contributed by atoms with Crippen LogP contribution in [0.1, 0.15) is 54.4 Å². The average Bonchev–Trinajstić information content (AvgIpc) is 2.16. The molecule has 0 bridgehead atoms. The Morgan fingerprint density at radius 3 is 1.40 bits per heavy atom. The van der Waals surface area contributed by atoms with Gasteiger partial charge in [0.25, 0.3) is 0 Å². The van der Waals surface area contributed by atoms with Crippen molar-refractivity contribution in [2.24, 2.45) is 11.8 Å². The minimum Gasteiger partial charge on any atom is -0.328 e. The molecule has 0 aliphatic rings. The lowest BCUT2D eigenvalue weighted by Crippen LogP contribution is -2.46. The van der Waals surface area contributed by atoms with Gasteiger partial charge in [-0.1, -0.05) is 41.5 Å². The highest BCUT2D eigenvalue weighted by molar-refractivity contribution is 5.49. The third kappa shape index (κ3) is 3.84. The molecule has 0 aromatic carbocycles. The largest absolute Gasteiger partial charge is 0.328 e. The Morgan fingerprint density at radius 2 is 1.27 bits per heavy atom. The highest BCUT2D eigenvalue weighted by Crippen LogP contribution is 2.21. The number of nitrogens with zero attached hydrogens (tertiary/aromatic N) is 1. The van der Waals surface area contributed by atoms with E-state index in [9.17, 15) is 4.79 Å². The van der Waals surface area contributed by atoms with Crippen molar-refractivity contribution in [2.45, 2.75) is 66.5 Å². The molecule has 0 spiro atoms. The van der Waals surface area contributed by atoms with Crippen molar-refractivity contribution in [1.82, 2.24) is 4.90 Å². The van der Waals surface area contributed by atoms with Gasteiger partial charge in [0, 0.05) is 12.1 Å². The monoisotopic (exact) mass is 212 g/mol. The molecule has 0 aliphatic carbocycles. The molecule has 1 radical (unpaired) electrons. The van der Waals surface area contributed by atoms with E-state index in [4.69, 9.17) is 0 Å². The van der Waals surface area contributed by atoms with Crippen LogP contribution in [0.2, 0.25) is 0 Å². The molecule has 0 fully saturated rings. The third-order valence-corrected chi connectivity index (χ3v) is 3.20. The molecular formula is C13H26NO. The highest BCUT2D eigenvalue weighted by Gasteiger charge is 2.27. The molecule has 2 nitrogen and oxygen atoms in total. The fourth-order valence-electron chi connectivity index (χ4n) is 2.36. The van der Waals surface area contributed by atoms with Crippen LogP contribution in [0, 0.1) is 11.8 Å². The van der Waals surface area contributed by atoms with E-state index < -0.39 is 0 Å². The van der Waals surface area contributed by atoms with E-state index in [0.717, 1.165) is 12.8 Å². The zero-order valence-corrected chi connectivity index (χ0v) is 11.1. The summed E-state index contributed by atoms with van der Waals surface area (Å²) in [6.45, 7) is 13.0. The Kier molecular flexibility index (Phi) is 6.62.